The summed E-state index contributed by atoms with van der Waals surface area (Å²) in [5.41, 5.74) is 16.8. The molecule has 0 fully saturated rings. The van der Waals surface area contributed by atoms with Gasteiger partial charge in [0, 0.05) is 117 Å². The maximum Gasteiger partial charge on any atom is 0.148 e. The lowest BCUT2D eigenvalue weighted by Crippen LogP contribution is -2.00. The van der Waals surface area contributed by atoms with Crippen molar-refractivity contribution in [3.63, 3.8) is 0 Å². The van der Waals surface area contributed by atoms with Crippen LogP contribution in [-0.2, 0) is 6.42 Å². The van der Waals surface area contributed by atoms with Gasteiger partial charge in [-0.3, -0.25) is 13.7 Å². The SMILES string of the molecule is Brc1ccccc1.[2H][B]C.[2H][B][B].c1cc(-n2ccnc2)cc(-n2c3ccccc3c3cc4c(nc32)Cc2ccccc2-4)c1.c1ccc(-n2c3ccccc3c3cc4c5ccccc5n(-c5cccc(-n6ccnc6)c5)c4nc32)cc1. The molecule has 7 heterocycles. The molecule has 0 saturated carbocycles. The fourth-order valence-electron chi connectivity index (χ4n) is 10.8. The summed E-state index contributed by atoms with van der Waals surface area (Å²) < 4.78 is 24.0. The fourth-order valence-corrected chi connectivity index (χ4v) is 11.1. The van der Waals surface area contributed by atoms with Crippen LogP contribution in [0.25, 0.3) is 105 Å². The minimum absolute atomic E-state index is 0.750. The van der Waals surface area contributed by atoms with Gasteiger partial charge in [0.15, 0.2) is 0 Å². The summed E-state index contributed by atoms with van der Waals surface area (Å²) in [6.07, 6.45) is 12.1. The van der Waals surface area contributed by atoms with Gasteiger partial charge in [-0.15, -0.1) is 0 Å². The molecule has 374 valence electrons. The lowest BCUT2D eigenvalue weighted by molar-refractivity contribution is 1.04. The number of pyridine rings is 2. The molecule has 79 heavy (non-hydrogen) atoms. The predicted octanol–water partition coefficient (Wildman–Crippen LogP) is 14.8. The van der Waals surface area contributed by atoms with Crippen LogP contribution in [0, 0.1) is 0 Å². The Bertz CT molecular complexity index is 4640. The third-order valence-electron chi connectivity index (χ3n) is 14.2. The number of hydrogen-bond donors (Lipinski definition) is 0. The number of rotatable bonds is 5. The second kappa shape index (κ2) is 22.3. The number of aromatic nitrogens is 9. The lowest BCUT2D eigenvalue weighted by atomic mass is 9.81. The molecule has 0 bridgehead atoms. The molecule has 0 unspecified atom stereocenters. The van der Waals surface area contributed by atoms with Crippen LogP contribution in [0.4, 0.5) is 0 Å². The van der Waals surface area contributed by atoms with Crippen LogP contribution >= 0.6 is 15.9 Å². The average Bonchev–Trinajstić information content (AvgIpc) is 3.67. The second-order valence-corrected chi connectivity index (χ2v) is 19.5. The Labute approximate surface area is 472 Å². The Balaban J connectivity index is 0.000000133. The molecule has 0 amide bonds. The monoisotopic (exact) mass is 1080 g/mol. The molecule has 13 heteroatoms. The molecule has 7 aromatic heterocycles. The van der Waals surface area contributed by atoms with Crippen LogP contribution in [0.15, 0.2) is 260 Å². The van der Waals surface area contributed by atoms with Gasteiger partial charge >= 0.3 is 0 Å². The summed E-state index contributed by atoms with van der Waals surface area (Å²) >= 11 is 3.31. The molecule has 1 aliphatic carbocycles. The third kappa shape index (κ3) is 9.31. The highest BCUT2D eigenvalue weighted by molar-refractivity contribution is 9.10. The van der Waals surface area contributed by atoms with Crippen molar-refractivity contribution in [2.24, 2.45) is 0 Å². The van der Waals surface area contributed by atoms with Gasteiger partial charge in [0.25, 0.3) is 0 Å². The van der Waals surface area contributed by atoms with E-state index in [9.17, 15) is 0 Å². The third-order valence-corrected chi connectivity index (χ3v) is 14.7. The van der Waals surface area contributed by atoms with Crippen molar-refractivity contribution in [1.82, 2.24) is 42.8 Å². The van der Waals surface area contributed by atoms with Crippen LogP contribution in [-0.4, -0.2) is 68.7 Å². The molecule has 16 rings (SSSR count). The number of para-hydroxylation sites is 4. The van der Waals surface area contributed by atoms with Crippen molar-refractivity contribution in [2.75, 3.05) is 0 Å². The Hall–Kier alpha value is -9.45. The number of halogens is 1. The van der Waals surface area contributed by atoms with E-state index in [2.05, 4.69) is 229 Å². The van der Waals surface area contributed by atoms with Gasteiger partial charge in [0.1, 0.15) is 16.9 Å². The summed E-state index contributed by atoms with van der Waals surface area (Å²) in [6, 6.07) is 76.5. The Morgan fingerprint density at radius 1 is 0.443 bits per heavy atom. The van der Waals surface area contributed by atoms with Crippen LogP contribution in [0.1, 0.15) is 11.3 Å². The van der Waals surface area contributed by atoms with Gasteiger partial charge in [-0.1, -0.05) is 150 Å². The van der Waals surface area contributed by atoms with Crippen LogP contribution in [0.5, 0.6) is 0 Å². The summed E-state index contributed by atoms with van der Waals surface area (Å²) in [5.74, 6) is 0. The van der Waals surface area contributed by atoms with Gasteiger partial charge < -0.3 is 9.13 Å². The molecule has 8 aromatic carbocycles. The zero-order chi connectivity index (χ0) is 55.2. The first-order valence-electron chi connectivity index (χ1n) is 27.0. The zero-order valence-corrected chi connectivity index (χ0v) is 44.7. The Morgan fingerprint density at radius 3 is 1.35 bits per heavy atom. The van der Waals surface area contributed by atoms with E-state index in [4.69, 9.17) is 12.6 Å². The van der Waals surface area contributed by atoms with E-state index in [0.29, 0.717) is 0 Å². The Morgan fingerprint density at radius 2 is 0.861 bits per heavy atom. The molecule has 0 aliphatic heterocycles. The number of nitrogens with zero attached hydrogens (tertiary/aromatic N) is 9. The largest absolute Gasteiger partial charge is 0.306 e. The molecule has 0 N–H and O–H groups in total. The molecule has 0 atom stereocenters. The smallest absolute Gasteiger partial charge is 0.148 e. The van der Waals surface area contributed by atoms with E-state index >= 15 is 0 Å². The quantitative estimate of drug-likeness (QED) is 0.161. The molecule has 4 radical (unpaired) electrons. The van der Waals surface area contributed by atoms with Crippen molar-refractivity contribution < 1.29 is 0 Å². The van der Waals surface area contributed by atoms with E-state index < -0.39 is 0 Å². The highest BCUT2D eigenvalue weighted by atomic mass is 79.9. The van der Waals surface area contributed by atoms with Crippen LogP contribution in [0.3, 0.4) is 0 Å². The van der Waals surface area contributed by atoms with E-state index in [1.54, 1.807) is 19.2 Å². The number of imidazole rings is 2. The van der Waals surface area contributed by atoms with Crippen LogP contribution < -0.4 is 0 Å². The van der Waals surface area contributed by atoms with E-state index in [0.717, 1.165) is 91.5 Å². The molecule has 9 nitrogen and oxygen atoms in total. The predicted molar refractivity (Wildman–Crippen MR) is 334 cm³/mol. The summed E-state index contributed by atoms with van der Waals surface area (Å²) in [4.78, 5) is 19.0. The van der Waals surface area contributed by atoms with Crippen molar-refractivity contribution in [2.45, 2.75) is 13.2 Å². The second-order valence-electron chi connectivity index (χ2n) is 18.6. The first-order valence-corrected chi connectivity index (χ1v) is 26.6. The molecular formula is C66H49B3BrN9. The first kappa shape index (κ1) is 48.0. The summed E-state index contributed by atoms with van der Waals surface area (Å²) in [5, 5.41) is 7.12. The molecule has 0 saturated heterocycles. The van der Waals surface area contributed by atoms with E-state index in [1.807, 2.05) is 70.6 Å². The number of fused-ring (bicyclic) bond motifs is 12. The summed E-state index contributed by atoms with van der Waals surface area (Å²) in [6.45, 7) is 1.67. The standard InChI is InChI=1S/C32H21N5.C27H18N4.C6H5Br.CH4B.B2H/c1-2-9-22(10-3-1)36-29-15-6-4-13-25(29)27-20-28-26-14-5-7-16-30(26)37(32(28)34-31(27)36)24-12-8-11-23(19-24)35-18-17-33-21-35;1-2-9-21-18(6-1)14-25-23(21)16-24-22-10-3-4-11-26(22)31(27(24)29-25)20-8-5-7-19(15-20)30-13-12-28-17-30;7-6-4-2-1-3-5-6;2*1-2/h1-21H;1-13,15-17H,14H2;1-5H;2H,1H3;1H/i;;;2D;1D. The highest BCUT2D eigenvalue weighted by Gasteiger charge is 2.24. The van der Waals surface area contributed by atoms with Gasteiger partial charge in [0.05, 0.1) is 42.7 Å². The zero-order valence-electron chi connectivity index (χ0n) is 45.1. The van der Waals surface area contributed by atoms with Gasteiger partial charge in [0.2, 0.25) is 0 Å². The molecular weight excluding hydrogens is 1030 g/mol. The van der Waals surface area contributed by atoms with Gasteiger partial charge in [-0.05, 0) is 105 Å². The fraction of sp³-hybridized carbons (Fsp3) is 0.0303. The topological polar surface area (TPSA) is 76.2 Å². The maximum atomic E-state index is 6.08. The van der Waals surface area contributed by atoms with Crippen molar-refractivity contribution in [3.05, 3.63) is 272 Å². The van der Waals surface area contributed by atoms with Crippen LogP contribution in [0.2, 0.25) is 6.82 Å². The first-order chi connectivity index (χ1) is 40.0. The van der Waals surface area contributed by atoms with E-state index in [-0.39, 0.29) is 0 Å². The summed E-state index contributed by atoms with van der Waals surface area (Å²) in [7, 11) is 6.39. The maximum absolute atomic E-state index is 6.08. The average molecular weight is 1080 g/mol. The number of benzene rings is 8. The van der Waals surface area contributed by atoms with E-state index in [1.165, 1.54) is 51.6 Å². The number of hydrogen-bond acceptors (Lipinski definition) is 4. The minimum atomic E-state index is 0.750. The Kier molecular flexibility index (Phi) is 13.5. The molecule has 1 aliphatic rings. The minimum Gasteiger partial charge on any atom is -0.306 e. The van der Waals surface area contributed by atoms with Crippen molar-refractivity contribution in [1.29, 1.82) is 2.67 Å². The molecule has 0 spiro atoms. The molecule has 15 aromatic rings. The highest BCUT2D eigenvalue weighted by Crippen LogP contribution is 2.41. The van der Waals surface area contributed by atoms with Crippen molar-refractivity contribution >= 4 is 105 Å². The normalized spacial score (nSPS) is 11.5. The van der Waals surface area contributed by atoms with Crippen molar-refractivity contribution in [3.8, 4) is 39.6 Å². The van der Waals surface area contributed by atoms with Gasteiger partial charge in [-0.2, -0.15) is 0 Å². The lowest BCUT2D eigenvalue weighted by Gasteiger charge is -2.11. The van der Waals surface area contributed by atoms with Gasteiger partial charge in [-0.25, -0.2) is 19.9 Å².